The van der Waals surface area contributed by atoms with Gasteiger partial charge in [-0.05, 0) is 45.4 Å². The minimum Gasteiger partial charge on any atom is -0.483 e. The number of amides is 1. The third kappa shape index (κ3) is 3.69. The van der Waals surface area contributed by atoms with E-state index in [9.17, 15) is 9.59 Å². The normalized spacial score (nSPS) is 20.7. The van der Waals surface area contributed by atoms with Crippen LogP contribution < -0.4 is 10.4 Å². The average molecular weight is 345 g/mol. The summed E-state index contributed by atoms with van der Waals surface area (Å²) < 4.78 is 16.7. The molecule has 0 bridgehead atoms. The first-order chi connectivity index (χ1) is 11.8. The molecule has 0 saturated carbocycles. The largest absolute Gasteiger partial charge is 0.483 e. The Hall–Kier alpha value is -2.34. The Morgan fingerprint density at radius 3 is 2.60 bits per heavy atom. The van der Waals surface area contributed by atoms with E-state index in [0.29, 0.717) is 24.4 Å². The lowest BCUT2D eigenvalue weighted by atomic mass is 10.1. The fourth-order valence-corrected chi connectivity index (χ4v) is 3.27. The Balaban J connectivity index is 1.76. The molecule has 1 saturated heterocycles. The summed E-state index contributed by atoms with van der Waals surface area (Å²) in [7, 11) is 0. The summed E-state index contributed by atoms with van der Waals surface area (Å²) in [6.45, 7) is 8.67. The molecule has 0 radical (unpaired) electrons. The van der Waals surface area contributed by atoms with Crippen LogP contribution in [0.15, 0.2) is 27.4 Å². The van der Waals surface area contributed by atoms with E-state index in [1.165, 1.54) is 6.07 Å². The molecule has 3 rings (SSSR count). The molecule has 0 aliphatic carbocycles. The smallest absolute Gasteiger partial charge is 0.336 e. The van der Waals surface area contributed by atoms with E-state index in [0.717, 1.165) is 16.5 Å². The number of fused-ring (bicyclic) bond motifs is 1. The lowest BCUT2D eigenvalue weighted by Crippen LogP contribution is -2.49. The molecule has 25 heavy (non-hydrogen) atoms. The molecule has 1 aromatic heterocycles. The van der Waals surface area contributed by atoms with Gasteiger partial charge in [0.2, 0.25) is 0 Å². The first kappa shape index (κ1) is 17.5. The second-order valence-electron chi connectivity index (χ2n) is 6.66. The zero-order valence-electron chi connectivity index (χ0n) is 15.0. The molecule has 1 aliphatic heterocycles. The van der Waals surface area contributed by atoms with Crippen LogP contribution in [0.1, 0.15) is 25.0 Å². The van der Waals surface area contributed by atoms with Gasteiger partial charge in [0.15, 0.2) is 6.61 Å². The number of ether oxygens (including phenoxy) is 2. The quantitative estimate of drug-likeness (QED) is 0.799. The number of carbonyl (C=O) groups is 1. The highest BCUT2D eigenvalue weighted by atomic mass is 16.5. The molecular formula is C19H23NO5. The summed E-state index contributed by atoms with van der Waals surface area (Å²) in [4.78, 5) is 25.8. The third-order valence-electron chi connectivity index (χ3n) is 4.44. The number of hydrogen-bond acceptors (Lipinski definition) is 5. The van der Waals surface area contributed by atoms with Crippen LogP contribution in [0.2, 0.25) is 0 Å². The van der Waals surface area contributed by atoms with E-state index in [2.05, 4.69) is 0 Å². The lowest BCUT2D eigenvalue weighted by Gasteiger charge is -2.35. The number of hydrogen-bond donors (Lipinski definition) is 0. The summed E-state index contributed by atoms with van der Waals surface area (Å²) in [6, 6.07) is 5.12. The molecule has 0 unspecified atom stereocenters. The summed E-state index contributed by atoms with van der Waals surface area (Å²) in [5.74, 6) is 0.469. The van der Waals surface area contributed by atoms with Crippen LogP contribution in [-0.4, -0.2) is 42.7 Å². The maximum atomic E-state index is 12.4. The molecule has 1 aliphatic rings. The molecule has 0 spiro atoms. The van der Waals surface area contributed by atoms with E-state index < -0.39 is 5.63 Å². The van der Waals surface area contributed by atoms with Crippen LogP contribution in [0.5, 0.6) is 5.75 Å². The Kier molecular flexibility index (Phi) is 4.81. The van der Waals surface area contributed by atoms with Crippen molar-refractivity contribution < 1.29 is 18.7 Å². The van der Waals surface area contributed by atoms with Crippen LogP contribution in [0.25, 0.3) is 11.0 Å². The van der Waals surface area contributed by atoms with Gasteiger partial charge in [-0.25, -0.2) is 4.79 Å². The average Bonchev–Trinajstić information content (AvgIpc) is 2.53. The number of rotatable bonds is 3. The SMILES string of the molecule is Cc1cc(=O)oc2c(C)c(OCC(=O)N3C[C@@H](C)O[C@H](C)C3)ccc12. The van der Waals surface area contributed by atoms with Crippen molar-refractivity contribution >= 4 is 16.9 Å². The van der Waals surface area contributed by atoms with Gasteiger partial charge in [0.25, 0.3) is 5.91 Å². The molecule has 6 nitrogen and oxygen atoms in total. The fourth-order valence-electron chi connectivity index (χ4n) is 3.27. The Morgan fingerprint density at radius 2 is 1.92 bits per heavy atom. The van der Waals surface area contributed by atoms with Crippen molar-refractivity contribution in [2.75, 3.05) is 19.7 Å². The van der Waals surface area contributed by atoms with Gasteiger partial charge in [0.1, 0.15) is 11.3 Å². The molecular weight excluding hydrogens is 322 g/mol. The van der Waals surface area contributed by atoms with Gasteiger partial charge < -0.3 is 18.8 Å². The highest BCUT2D eigenvalue weighted by Crippen LogP contribution is 2.28. The minimum absolute atomic E-state index is 0.0207. The molecule has 1 amide bonds. The van der Waals surface area contributed by atoms with Crippen molar-refractivity contribution in [3.8, 4) is 5.75 Å². The second kappa shape index (κ2) is 6.88. The van der Waals surface area contributed by atoms with Crippen molar-refractivity contribution in [3.63, 3.8) is 0 Å². The first-order valence-electron chi connectivity index (χ1n) is 8.45. The molecule has 2 aromatic rings. The highest BCUT2D eigenvalue weighted by molar-refractivity contribution is 5.85. The summed E-state index contributed by atoms with van der Waals surface area (Å²) in [5.41, 5.74) is 1.68. The number of morpholine rings is 1. The maximum absolute atomic E-state index is 12.4. The Bertz CT molecular complexity index is 847. The third-order valence-corrected chi connectivity index (χ3v) is 4.44. The van der Waals surface area contributed by atoms with Crippen LogP contribution in [0, 0.1) is 13.8 Å². The van der Waals surface area contributed by atoms with Crippen LogP contribution in [0.3, 0.4) is 0 Å². The van der Waals surface area contributed by atoms with Crippen LogP contribution in [0.4, 0.5) is 0 Å². The number of carbonyl (C=O) groups excluding carboxylic acids is 1. The predicted molar refractivity (Wildman–Crippen MR) is 94.0 cm³/mol. The molecule has 1 aromatic carbocycles. The maximum Gasteiger partial charge on any atom is 0.336 e. The summed E-state index contributed by atoms with van der Waals surface area (Å²) >= 11 is 0. The lowest BCUT2D eigenvalue weighted by molar-refractivity contribution is -0.145. The van der Waals surface area contributed by atoms with Gasteiger partial charge in [-0.15, -0.1) is 0 Å². The van der Waals surface area contributed by atoms with E-state index in [4.69, 9.17) is 13.9 Å². The molecule has 134 valence electrons. The zero-order valence-corrected chi connectivity index (χ0v) is 15.0. The van der Waals surface area contributed by atoms with Crippen molar-refractivity contribution in [2.45, 2.75) is 39.9 Å². The van der Waals surface area contributed by atoms with Gasteiger partial charge >= 0.3 is 5.63 Å². The van der Waals surface area contributed by atoms with Gasteiger partial charge in [-0.2, -0.15) is 0 Å². The van der Waals surface area contributed by atoms with E-state index in [1.807, 2.05) is 39.8 Å². The van der Waals surface area contributed by atoms with E-state index in [1.54, 1.807) is 4.90 Å². The van der Waals surface area contributed by atoms with E-state index >= 15 is 0 Å². The summed E-state index contributed by atoms with van der Waals surface area (Å²) in [5, 5.41) is 0.867. The van der Waals surface area contributed by atoms with Gasteiger partial charge in [0.05, 0.1) is 12.2 Å². The van der Waals surface area contributed by atoms with Crippen molar-refractivity contribution in [1.29, 1.82) is 0 Å². The van der Waals surface area contributed by atoms with Gasteiger partial charge in [-0.1, -0.05) is 0 Å². The summed E-state index contributed by atoms with van der Waals surface area (Å²) in [6.07, 6.45) is 0.0414. The van der Waals surface area contributed by atoms with Crippen molar-refractivity contribution in [2.24, 2.45) is 0 Å². The van der Waals surface area contributed by atoms with E-state index in [-0.39, 0.29) is 24.7 Å². The topological polar surface area (TPSA) is 69.0 Å². The number of aryl methyl sites for hydroxylation is 2. The standard InChI is InChI=1S/C19H23NO5/c1-11-7-18(22)25-19-14(4)16(6-5-15(11)19)23-10-17(21)20-8-12(2)24-13(3)9-20/h5-7,12-13H,8-10H2,1-4H3/t12-,13-/m1/s1. The molecule has 6 heteroatoms. The fraction of sp³-hybridized carbons (Fsp3) is 0.474. The number of nitrogens with zero attached hydrogens (tertiary/aromatic N) is 1. The predicted octanol–water partition coefficient (Wildman–Crippen LogP) is 2.42. The first-order valence-corrected chi connectivity index (χ1v) is 8.45. The number of benzene rings is 1. The van der Waals surface area contributed by atoms with Crippen molar-refractivity contribution in [3.05, 3.63) is 39.7 Å². The zero-order chi connectivity index (χ0) is 18.1. The molecule has 0 N–H and O–H groups in total. The Morgan fingerprint density at radius 1 is 1.24 bits per heavy atom. The second-order valence-corrected chi connectivity index (χ2v) is 6.66. The van der Waals surface area contributed by atoms with Crippen molar-refractivity contribution in [1.82, 2.24) is 4.90 Å². The van der Waals surface area contributed by atoms with Gasteiger partial charge in [-0.3, -0.25) is 4.79 Å². The van der Waals surface area contributed by atoms with Gasteiger partial charge in [0, 0.05) is 30.1 Å². The van der Waals surface area contributed by atoms with Crippen LogP contribution in [-0.2, 0) is 9.53 Å². The minimum atomic E-state index is -0.391. The highest BCUT2D eigenvalue weighted by Gasteiger charge is 2.26. The monoisotopic (exact) mass is 345 g/mol. The van der Waals surface area contributed by atoms with Crippen LogP contribution >= 0.6 is 0 Å². The molecule has 2 atom stereocenters. The Labute approximate surface area is 146 Å². The molecule has 1 fully saturated rings. The molecule has 2 heterocycles.